The summed E-state index contributed by atoms with van der Waals surface area (Å²) in [5.74, 6) is -0.113. The fourth-order valence-electron chi connectivity index (χ4n) is 3.10. The molecule has 6 nitrogen and oxygen atoms in total. The van der Waals surface area contributed by atoms with Gasteiger partial charge in [-0.15, -0.1) is 6.58 Å². The van der Waals surface area contributed by atoms with Crippen LogP contribution in [0.15, 0.2) is 61.2 Å². The first kappa shape index (κ1) is 22.2. The molecule has 0 fully saturated rings. The van der Waals surface area contributed by atoms with Crippen LogP contribution >= 0.6 is 0 Å². The van der Waals surface area contributed by atoms with Crippen LogP contribution in [0, 0.1) is 0 Å². The highest BCUT2D eigenvalue weighted by molar-refractivity contribution is 6.02. The molecule has 0 atom stereocenters. The van der Waals surface area contributed by atoms with Crippen LogP contribution in [0.25, 0.3) is 0 Å². The van der Waals surface area contributed by atoms with Gasteiger partial charge < -0.3 is 10.0 Å². The third-order valence-electron chi connectivity index (χ3n) is 4.61. The van der Waals surface area contributed by atoms with Crippen LogP contribution in [-0.2, 0) is 4.79 Å². The first-order chi connectivity index (χ1) is 13.9. The average molecular weight is 396 g/mol. The monoisotopic (exact) mass is 395 g/mol. The molecule has 0 saturated heterocycles. The second kappa shape index (κ2) is 10.4. The Kier molecular flexibility index (Phi) is 7.98. The predicted molar refractivity (Wildman–Crippen MR) is 117 cm³/mol. The van der Waals surface area contributed by atoms with E-state index in [4.69, 9.17) is 0 Å². The van der Waals surface area contributed by atoms with E-state index in [2.05, 4.69) is 6.58 Å². The molecule has 1 N–H and O–H groups in total. The van der Waals surface area contributed by atoms with Crippen LogP contribution in [0.3, 0.4) is 0 Å². The Bertz CT molecular complexity index is 845. The molecule has 0 aliphatic rings. The van der Waals surface area contributed by atoms with E-state index in [9.17, 15) is 14.7 Å². The van der Waals surface area contributed by atoms with Gasteiger partial charge in [-0.3, -0.25) is 19.4 Å². The molecule has 0 radical (unpaired) electrons. The second-order valence-corrected chi connectivity index (χ2v) is 6.76. The predicted octanol–water partition coefficient (Wildman–Crippen LogP) is 3.66. The Balaban J connectivity index is 2.37. The highest BCUT2D eigenvalue weighted by Gasteiger charge is 2.21. The van der Waals surface area contributed by atoms with Gasteiger partial charge in [-0.2, -0.15) is 0 Å². The zero-order chi connectivity index (χ0) is 21.4. The molecule has 6 heteroatoms. The molecule has 0 aromatic heterocycles. The average Bonchev–Trinajstić information content (AvgIpc) is 2.69. The lowest BCUT2D eigenvalue weighted by molar-refractivity contribution is -0.118. The number of amides is 2. The number of benzene rings is 2. The third-order valence-corrected chi connectivity index (χ3v) is 4.61. The molecule has 0 aliphatic carbocycles. The Morgan fingerprint density at radius 3 is 2.24 bits per heavy atom. The van der Waals surface area contributed by atoms with Crippen molar-refractivity contribution < 1.29 is 14.7 Å². The van der Waals surface area contributed by atoms with Crippen LogP contribution in [-0.4, -0.2) is 59.9 Å². The van der Waals surface area contributed by atoms with Crippen molar-refractivity contribution in [3.63, 3.8) is 0 Å². The molecule has 0 bridgehead atoms. The summed E-state index contributed by atoms with van der Waals surface area (Å²) < 4.78 is 0. The van der Waals surface area contributed by atoms with Gasteiger partial charge in [0.15, 0.2) is 0 Å². The van der Waals surface area contributed by atoms with Crippen molar-refractivity contribution in [2.75, 3.05) is 38.1 Å². The Hall–Kier alpha value is -3.12. The topological polar surface area (TPSA) is 64.1 Å². The largest absolute Gasteiger partial charge is 0.508 e. The fraction of sp³-hybridized carbons (Fsp3) is 0.304. The second-order valence-electron chi connectivity index (χ2n) is 6.76. The summed E-state index contributed by atoms with van der Waals surface area (Å²) in [6.45, 7) is 9.63. The van der Waals surface area contributed by atoms with E-state index in [1.807, 2.05) is 25.8 Å². The van der Waals surface area contributed by atoms with Crippen LogP contribution in [0.4, 0.5) is 11.4 Å². The van der Waals surface area contributed by atoms with Crippen LogP contribution < -0.4 is 4.90 Å². The molecule has 0 unspecified atom stereocenters. The summed E-state index contributed by atoms with van der Waals surface area (Å²) in [6.07, 6.45) is 1.74. The van der Waals surface area contributed by atoms with Gasteiger partial charge in [0.1, 0.15) is 5.75 Å². The van der Waals surface area contributed by atoms with Gasteiger partial charge in [-0.25, -0.2) is 0 Å². The van der Waals surface area contributed by atoms with E-state index in [0.29, 0.717) is 36.6 Å². The molecular formula is C23H29N3O3. The van der Waals surface area contributed by atoms with Crippen molar-refractivity contribution in [3.05, 3.63) is 66.7 Å². The van der Waals surface area contributed by atoms with Crippen molar-refractivity contribution in [1.82, 2.24) is 9.80 Å². The molecule has 2 amide bonds. The van der Waals surface area contributed by atoms with Gasteiger partial charge in [-0.05, 0) is 57.3 Å². The molecule has 0 spiro atoms. The van der Waals surface area contributed by atoms with Gasteiger partial charge >= 0.3 is 0 Å². The Morgan fingerprint density at radius 1 is 1.03 bits per heavy atom. The van der Waals surface area contributed by atoms with Gasteiger partial charge in [0.05, 0.1) is 12.2 Å². The maximum Gasteiger partial charge on any atom is 0.253 e. The van der Waals surface area contributed by atoms with Gasteiger partial charge in [0.25, 0.3) is 5.91 Å². The minimum Gasteiger partial charge on any atom is -0.508 e. The standard InChI is InChI=1S/C23H29N3O3/c1-5-15-24(4)17-22(28)26(20-9-8-10-21(27)16-20)19-13-11-18(12-14-19)23(29)25(6-2)7-3/h5,8-14,16,27H,1,6-7,15,17H2,2-4H3. The molecule has 154 valence electrons. The number of rotatable bonds is 9. The number of phenols is 1. The van der Waals surface area contributed by atoms with Gasteiger partial charge in [0, 0.05) is 37.0 Å². The number of phenolic OH excluding ortho intramolecular Hbond substituents is 1. The summed E-state index contributed by atoms with van der Waals surface area (Å²) in [6, 6.07) is 13.5. The number of likely N-dealkylation sites (N-methyl/N-ethyl adjacent to an activating group) is 1. The lowest BCUT2D eigenvalue weighted by Gasteiger charge is -2.26. The van der Waals surface area contributed by atoms with Crippen molar-refractivity contribution in [2.24, 2.45) is 0 Å². The minimum absolute atomic E-state index is 0.0394. The highest BCUT2D eigenvalue weighted by Crippen LogP contribution is 2.29. The number of nitrogens with zero attached hydrogens (tertiary/aromatic N) is 3. The molecule has 2 aromatic rings. The highest BCUT2D eigenvalue weighted by atomic mass is 16.3. The maximum atomic E-state index is 13.1. The summed E-state index contributed by atoms with van der Waals surface area (Å²) in [5.41, 5.74) is 1.76. The van der Waals surface area contributed by atoms with Crippen LogP contribution in [0.1, 0.15) is 24.2 Å². The molecular weight excluding hydrogens is 366 g/mol. The molecule has 0 aliphatic heterocycles. The Labute approximate surface area is 172 Å². The van der Waals surface area contributed by atoms with E-state index >= 15 is 0 Å². The number of anilines is 2. The van der Waals surface area contributed by atoms with E-state index in [1.54, 1.807) is 64.4 Å². The van der Waals surface area contributed by atoms with E-state index < -0.39 is 0 Å². The molecule has 2 aromatic carbocycles. The van der Waals surface area contributed by atoms with E-state index in [0.717, 1.165) is 0 Å². The molecule has 29 heavy (non-hydrogen) atoms. The maximum absolute atomic E-state index is 13.1. The first-order valence-electron chi connectivity index (χ1n) is 9.72. The summed E-state index contributed by atoms with van der Waals surface area (Å²) in [5, 5.41) is 9.88. The lowest BCUT2D eigenvalue weighted by atomic mass is 10.1. The molecule has 0 heterocycles. The van der Waals surface area contributed by atoms with Crippen LogP contribution in [0.2, 0.25) is 0 Å². The van der Waals surface area contributed by atoms with Crippen LogP contribution in [0.5, 0.6) is 5.75 Å². The van der Waals surface area contributed by atoms with Crippen molar-refractivity contribution in [2.45, 2.75) is 13.8 Å². The molecule has 0 saturated carbocycles. The number of carbonyl (C=O) groups excluding carboxylic acids is 2. The number of hydrogen-bond acceptors (Lipinski definition) is 4. The van der Waals surface area contributed by atoms with E-state index in [1.165, 1.54) is 0 Å². The molecule has 2 rings (SSSR count). The normalized spacial score (nSPS) is 10.6. The number of carbonyl (C=O) groups is 2. The SMILES string of the molecule is C=CCN(C)CC(=O)N(c1ccc(C(=O)N(CC)CC)cc1)c1cccc(O)c1. The fourth-order valence-corrected chi connectivity index (χ4v) is 3.10. The lowest BCUT2D eigenvalue weighted by Crippen LogP contribution is -2.36. The van der Waals surface area contributed by atoms with Gasteiger partial charge in [-0.1, -0.05) is 12.1 Å². The Morgan fingerprint density at radius 2 is 1.69 bits per heavy atom. The third kappa shape index (κ3) is 5.68. The zero-order valence-corrected chi connectivity index (χ0v) is 17.3. The summed E-state index contributed by atoms with van der Waals surface area (Å²) in [4.78, 5) is 30.7. The summed E-state index contributed by atoms with van der Waals surface area (Å²) >= 11 is 0. The van der Waals surface area contributed by atoms with Crippen molar-refractivity contribution in [3.8, 4) is 5.75 Å². The minimum atomic E-state index is -0.150. The zero-order valence-electron chi connectivity index (χ0n) is 17.3. The summed E-state index contributed by atoms with van der Waals surface area (Å²) in [7, 11) is 1.84. The first-order valence-corrected chi connectivity index (χ1v) is 9.72. The van der Waals surface area contributed by atoms with Gasteiger partial charge in [0.2, 0.25) is 5.91 Å². The quantitative estimate of drug-likeness (QED) is 0.658. The van der Waals surface area contributed by atoms with E-state index in [-0.39, 0.29) is 24.1 Å². The van der Waals surface area contributed by atoms with Crippen molar-refractivity contribution in [1.29, 1.82) is 0 Å². The number of hydrogen-bond donors (Lipinski definition) is 1. The number of aromatic hydroxyl groups is 1. The smallest absolute Gasteiger partial charge is 0.253 e. The van der Waals surface area contributed by atoms with Crippen molar-refractivity contribution >= 4 is 23.2 Å².